The molecule has 4 N–H and O–H groups in total. The fourth-order valence-corrected chi connectivity index (χ4v) is 3.60. The number of anilines is 1. The molecular weight excluding hydrogens is 278 g/mol. The number of nitrogens with zero attached hydrogens (tertiary/aromatic N) is 2. The van der Waals surface area contributed by atoms with Gasteiger partial charge in [-0.2, -0.15) is 0 Å². The van der Waals surface area contributed by atoms with Crippen molar-refractivity contribution in [3.05, 3.63) is 18.3 Å². The minimum atomic E-state index is -3.61. The smallest absolute Gasteiger partial charge is 0.255 e. The topological polar surface area (TPSA) is 100 Å². The molecule has 7 nitrogen and oxygen atoms in total. The third-order valence-corrected chi connectivity index (χ3v) is 4.93. The van der Waals surface area contributed by atoms with E-state index in [0.717, 1.165) is 19.3 Å². The van der Waals surface area contributed by atoms with Crippen molar-refractivity contribution >= 4 is 15.8 Å². The van der Waals surface area contributed by atoms with Crippen molar-refractivity contribution in [3.63, 3.8) is 0 Å². The monoisotopic (exact) mass is 299 g/mol. The largest absolute Gasteiger partial charge is 0.308 e. The molecule has 1 aliphatic heterocycles. The molecule has 1 fully saturated rings. The number of hydrazine groups is 2. The number of sulfonamides is 1. The molecule has 2 unspecified atom stereocenters. The molecule has 0 radical (unpaired) electrons. The average molecular weight is 299 g/mol. The second-order valence-electron chi connectivity index (χ2n) is 5.15. The Morgan fingerprint density at radius 3 is 2.45 bits per heavy atom. The van der Waals surface area contributed by atoms with Crippen LogP contribution in [0.1, 0.15) is 33.1 Å². The third kappa shape index (κ3) is 3.26. The van der Waals surface area contributed by atoms with Crippen LogP contribution < -0.4 is 16.1 Å². The predicted octanol–water partition coefficient (Wildman–Crippen LogP) is 0.823. The predicted molar refractivity (Wildman–Crippen MR) is 77.0 cm³/mol. The van der Waals surface area contributed by atoms with Gasteiger partial charge in [-0.15, -0.1) is 4.83 Å². The first-order valence-electron chi connectivity index (χ1n) is 6.67. The molecule has 0 amide bonds. The van der Waals surface area contributed by atoms with Gasteiger partial charge in [0.25, 0.3) is 10.0 Å². The van der Waals surface area contributed by atoms with E-state index in [9.17, 15) is 8.42 Å². The number of piperidine rings is 1. The summed E-state index contributed by atoms with van der Waals surface area (Å²) in [5.41, 5.74) is 2.36. The average Bonchev–Trinajstić information content (AvgIpc) is 2.43. The van der Waals surface area contributed by atoms with Crippen LogP contribution in [-0.2, 0) is 10.0 Å². The van der Waals surface area contributed by atoms with Gasteiger partial charge in [-0.05, 0) is 38.8 Å². The molecule has 1 saturated heterocycles. The molecule has 1 aromatic heterocycles. The van der Waals surface area contributed by atoms with Gasteiger partial charge in [-0.3, -0.25) is 0 Å². The van der Waals surface area contributed by atoms with E-state index in [2.05, 4.69) is 15.2 Å². The highest BCUT2D eigenvalue weighted by atomic mass is 32.2. The van der Waals surface area contributed by atoms with Crippen LogP contribution in [0.2, 0.25) is 0 Å². The standard InChI is InChI=1S/C12H21N5O2S/c1-9-4-3-5-10(2)17(9)16-20(18,19)11-6-7-12(15-13)14-8-11/h6-10,16H,3-5,13H2,1-2H3,(H,14,15). The fourth-order valence-electron chi connectivity index (χ4n) is 2.42. The summed E-state index contributed by atoms with van der Waals surface area (Å²) in [6, 6.07) is 3.37. The van der Waals surface area contributed by atoms with Gasteiger partial charge in [-0.1, -0.05) is 6.42 Å². The zero-order valence-corrected chi connectivity index (χ0v) is 12.5. The van der Waals surface area contributed by atoms with Crippen LogP contribution in [0.3, 0.4) is 0 Å². The van der Waals surface area contributed by atoms with Gasteiger partial charge in [-0.25, -0.2) is 24.3 Å². The summed E-state index contributed by atoms with van der Waals surface area (Å²) in [5.74, 6) is 5.63. The first kappa shape index (κ1) is 15.2. The number of nitrogen functional groups attached to an aromatic ring is 1. The van der Waals surface area contributed by atoms with Crippen LogP contribution >= 0.6 is 0 Å². The molecular formula is C12H21N5O2S. The summed E-state index contributed by atoms with van der Waals surface area (Å²) in [6.07, 6.45) is 4.39. The Balaban J connectivity index is 2.17. The highest BCUT2D eigenvalue weighted by molar-refractivity contribution is 7.89. The highest BCUT2D eigenvalue weighted by Crippen LogP contribution is 2.22. The molecule has 8 heteroatoms. The summed E-state index contributed by atoms with van der Waals surface area (Å²) in [5, 5.41) is 1.81. The van der Waals surface area contributed by atoms with Crippen molar-refractivity contribution < 1.29 is 8.42 Å². The molecule has 1 aromatic rings. The lowest BCUT2D eigenvalue weighted by Gasteiger charge is -2.38. The van der Waals surface area contributed by atoms with Crippen molar-refractivity contribution in [2.45, 2.75) is 50.1 Å². The summed E-state index contributed by atoms with van der Waals surface area (Å²) in [6.45, 7) is 4.05. The van der Waals surface area contributed by atoms with Gasteiger partial charge in [0.05, 0.1) is 0 Å². The molecule has 1 aliphatic rings. The van der Waals surface area contributed by atoms with E-state index >= 15 is 0 Å². The maximum absolute atomic E-state index is 12.3. The molecule has 0 aliphatic carbocycles. The second-order valence-corrected chi connectivity index (χ2v) is 6.82. The molecule has 112 valence electrons. The number of nitrogens with one attached hydrogen (secondary N) is 2. The Kier molecular flexibility index (Phi) is 4.59. The molecule has 0 spiro atoms. The van der Waals surface area contributed by atoms with Crippen molar-refractivity contribution in [3.8, 4) is 0 Å². The summed E-state index contributed by atoms with van der Waals surface area (Å²) < 4.78 is 24.7. The molecule has 2 heterocycles. The van der Waals surface area contributed by atoms with Gasteiger partial charge in [0.15, 0.2) is 0 Å². The van der Waals surface area contributed by atoms with E-state index in [-0.39, 0.29) is 17.0 Å². The highest BCUT2D eigenvalue weighted by Gasteiger charge is 2.29. The Labute approximate surface area is 119 Å². The summed E-state index contributed by atoms with van der Waals surface area (Å²) in [4.78, 5) is 6.71. The Morgan fingerprint density at radius 1 is 1.30 bits per heavy atom. The Hall–Kier alpha value is -1.22. The fraction of sp³-hybridized carbons (Fsp3) is 0.583. The van der Waals surface area contributed by atoms with Crippen LogP contribution in [0.15, 0.2) is 23.2 Å². The van der Waals surface area contributed by atoms with Crippen molar-refractivity contribution in [1.29, 1.82) is 0 Å². The van der Waals surface area contributed by atoms with Crippen LogP contribution in [-0.4, -0.2) is 30.5 Å². The lowest BCUT2D eigenvalue weighted by atomic mass is 10.0. The maximum atomic E-state index is 12.3. The number of nitrogens with two attached hydrogens (primary N) is 1. The number of hydrogen-bond acceptors (Lipinski definition) is 6. The molecule has 0 saturated carbocycles. The molecule has 20 heavy (non-hydrogen) atoms. The first-order valence-corrected chi connectivity index (χ1v) is 8.16. The van der Waals surface area contributed by atoms with Crippen LogP contribution in [0.5, 0.6) is 0 Å². The SMILES string of the molecule is CC1CCCC(C)N1NS(=O)(=O)c1ccc(NN)nc1. The van der Waals surface area contributed by atoms with E-state index in [4.69, 9.17) is 5.84 Å². The minimum absolute atomic E-state index is 0.126. The van der Waals surface area contributed by atoms with Crippen LogP contribution in [0.25, 0.3) is 0 Å². The normalized spacial score (nSPS) is 24.6. The summed E-state index contributed by atoms with van der Waals surface area (Å²) in [7, 11) is -3.61. The number of pyridine rings is 1. The molecule has 0 aromatic carbocycles. The van der Waals surface area contributed by atoms with E-state index in [0.29, 0.717) is 5.82 Å². The van der Waals surface area contributed by atoms with Crippen molar-refractivity contribution in [2.24, 2.45) is 5.84 Å². The Morgan fingerprint density at radius 2 is 1.95 bits per heavy atom. The second kappa shape index (κ2) is 6.04. The lowest BCUT2D eigenvalue weighted by Crippen LogP contribution is -2.53. The van der Waals surface area contributed by atoms with Gasteiger partial charge < -0.3 is 5.43 Å². The third-order valence-electron chi connectivity index (χ3n) is 3.61. The quantitative estimate of drug-likeness (QED) is 0.562. The van der Waals surface area contributed by atoms with Crippen molar-refractivity contribution in [2.75, 3.05) is 5.43 Å². The van der Waals surface area contributed by atoms with Gasteiger partial charge in [0.2, 0.25) is 0 Å². The first-order chi connectivity index (χ1) is 9.44. The van der Waals surface area contributed by atoms with Crippen LogP contribution in [0, 0.1) is 0 Å². The lowest BCUT2D eigenvalue weighted by molar-refractivity contribution is 0.0790. The van der Waals surface area contributed by atoms with Crippen LogP contribution in [0.4, 0.5) is 5.82 Å². The number of hydrogen-bond donors (Lipinski definition) is 3. The molecule has 2 atom stereocenters. The van der Waals surface area contributed by atoms with E-state index in [1.54, 1.807) is 0 Å². The van der Waals surface area contributed by atoms with Gasteiger partial charge >= 0.3 is 0 Å². The summed E-state index contributed by atoms with van der Waals surface area (Å²) >= 11 is 0. The van der Waals surface area contributed by atoms with E-state index in [1.165, 1.54) is 18.3 Å². The van der Waals surface area contributed by atoms with Gasteiger partial charge in [0, 0.05) is 18.3 Å². The Bertz CT molecular complexity index is 535. The zero-order valence-electron chi connectivity index (χ0n) is 11.7. The molecule has 0 bridgehead atoms. The zero-order chi connectivity index (χ0) is 14.8. The molecule has 2 rings (SSSR count). The minimum Gasteiger partial charge on any atom is -0.308 e. The van der Waals surface area contributed by atoms with E-state index in [1.807, 2.05) is 18.9 Å². The number of rotatable bonds is 4. The van der Waals surface area contributed by atoms with Crippen molar-refractivity contribution in [1.82, 2.24) is 14.8 Å². The van der Waals surface area contributed by atoms with E-state index < -0.39 is 10.0 Å². The maximum Gasteiger partial charge on any atom is 0.255 e. The number of aromatic nitrogens is 1. The van der Waals surface area contributed by atoms with Gasteiger partial charge in [0.1, 0.15) is 10.7 Å².